The van der Waals surface area contributed by atoms with Crippen LogP contribution in [0.5, 0.6) is 0 Å². The fourth-order valence-corrected chi connectivity index (χ4v) is 4.67. The van der Waals surface area contributed by atoms with Gasteiger partial charge in [0.1, 0.15) is 5.60 Å². The van der Waals surface area contributed by atoms with Crippen molar-refractivity contribution in [2.75, 3.05) is 20.2 Å². The molecule has 2 amide bonds. The maximum atomic E-state index is 12.5. The van der Waals surface area contributed by atoms with Gasteiger partial charge in [-0.15, -0.1) is 0 Å². The highest BCUT2D eigenvalue weighted by molar-refractivity contribution is 5.68. The Labute approximate surface area is 238 Å². The molecule has 0 saturated carbocycles. The van der Waals surface area contributed by atoms with Crippen molar-refractivity contribution in [2.45, 2.75) is 89.8 Å². The summed E-state index contributed by atoms with van der Waals surface area (Å²) >= 11 is 0. The summed E-state index contributed by atoms with van der Waals surface area (Å²) in [6, 6.07) is 18.2. The van der Waals surface area contributed by atoms with E-state index in [1.54, 1.807) is 27.9 Å². The lowest BCUT2D eigenvalue weighted by atomic mass is 9.94. The molecule has 0 aliphatic carbocycles. The van der Waals surface area contributed by atoms with Crippen LogP contribution in [0.3, 0.4) is 0 Å². The molecule has 0 aromatic heterocycles. The molecule has 0 saturated heterocycles. The van der Waals surface area contributed by atoms with Gasteiger partial charge in [-0.2, -0.15) is 0 Å². The van der Waals surface area contributed by atoms with Crippen molar-refractivity contribution in [3.63, 3.8) is 0 Å². The zero-order chi connectivity index (χ0) is 29.9. The second-order valence-electron chi connectivity index (χ2n) is 12.0. The third-order valence-corrected chi connectivity index (χ3v) is 6.44. The van der Waals surface area contributed by atoms with E-state index in [1.165, 1.54) is 4.90 Å². The molecule has 0 heterocycles. The first-order valence-electron chi connectivity index (χ1n) is 13.7. The SMILES string of the molecule is CO[C@H](CNC[C@@H](O)[C@H](Cc1ccccc1)NC(=O)OC(C)(C)C)[C@H](Cc1ccccc1)N(C(=O)O)C(C)(C)C. The van der Waals surface area contributed by atoms with Gasteiger partial charge in [0, 0.05) is 25.7 Å². The molecule has 222 valence electrons. The molecule has 4 atom stereocenters. The molecular weight excluding hydrogens is 510 g/mol. The molecule has 0 fully saturated rings. The first kappa shape index (κ1) is 33.1. The first-order chi connectivity index (χ1) is 18.7. The molecule has 0 aliphatic heterocycles. The number of aliphatic hydroxyl groups excluding tert-OH is 1. The fourth-order valence-electron chi connectivity index (χ4n) is 4.67. The summed E-state index contributed by atoms with van der Waals surface area (Å²) in [6.07, 6.45) is -2.22. The lowest BCUT2D eigenvalue weighted by molar-refractivity contribution is -0.0143. The van der Waals surface area contributed by atoms with Crippen molar-refractivity contribution in [1.82, 2.24) is 15.5 Å². The number of methoxy groups -OCH3 is 1. The molecule has 9 heteroatoms. The van der Waals surface area contributed by atoms with Crippen LogP contribution in [0.4, 0.5) is 9.59 Å². The number of nitrogens with zero attached hydrogens (tertiary/aromatic N) is 1. The normalized spacial score (nSPS) is 15.0. The van der Waals surface area contributed by atoms with Crippen molar-refractivity contribution in [2.24, 2.45) is 0 Å². The first-order valence-corrected chi connectivity index (χ1v) is 13.7. The number of hydrogen-bond donors (Lipinski definition) is 4. The Morgan fingerprint density at radius 3 is 1.85 bits per heavy atom. The van der Waals surface area contributed by atoms with Gasteiger partial charge in [-0.3, -0.25) is 4.90 Å². The smallest absolute Gasteiger partial charge is 0.408 e. The van der Waals surface area contributed by atoms with Crippen LogP contribution in [0.25, 0.3) is 0 Å². The third-order valence-electron chi connectivity index (χ3n) is 6.44. The van der Waals surface area contributed by atoms with Crippen LogP contribution in [-0.2, 0) is 22.3 Å². The van der Waals surface area contributed by atoms with Crippen LogP contribution < -0.4 is 10.6 Å². The van der Waals surface area contributed by atoms with E-state index in [9.17, 15) is 19.8 Å². The minimum Gasteiger partial charge on any atom is -0.465 e. The Morgan fingerprint density at radius 2 is 1.40 bits per heavy atom. The number of alkyl carbamates (subject to hydrolysis) is 1. The minimum atomic E-state index is -1.03. The van der Waals surface area contributed by atoms with E-state index in [1.807, 2.05) is 81.4 Å². The van der Waals surface area contributed by atoms with Gasteiger partial charge in [0.15, 0.2) is 0 Å². The van der Waals surface area contributed by atoms with E-state index >= 15 is 0 Å². The molecule has 40 heavy (non-hydrogen) atoms. The van der Waals surface area contributed by atoms with Gasteiger partial charge in [0.05, 0.1) is 24.3 Å². The Balaban J connectivity index is 2.17. The fraction of sp³-hybridized carbons (Fsp3) is 0.548. The number of aliphatic hydroxyl groups is 1. The van der Waals surface area contributed by atoms with Crippen LogP contribution in [0.2, 0.25) is 0 Å². The Morgan fingerprint density at radius 1 is 0.875 bits per heavy atom. The van der Waals surface area contributed by atoms with Gasteiger partial charge >= 0.3 is 12.2 Å². The number of ether oxygens (including phenoxy) is 2. The molecule has 0 unspecified atom stereocenters. The van der Waals surface area contributed by atoms with Crippen molar-refractivity contribution >= 4 is 12.2 Å². The van der Waals surface area contributed by atoms with E-state index in [2.05, 4.69) is 10.6 Å². The van der Waals surface area contributed by atoms with E-state index in [0.717, 1.165) is 11.1 Å². The van der Waals surface area contributed by atoms with E-state index in [4.69, 9.17) is 9.47 Å². The van der Waals surface area contributed by atoms with Gasteiger partial charge in [0.25, 0.3) is 0 Å². The average Bonchev–Trinajstić information content (AvgIpc) is 2.85. The second kappa shape index (κ2) is 15.0. The molecule has 0 aliphatic rings. The molecule has 0 bridgehead atoms. The summed E-state index contributed by atoms with van der Waals surface area (Å²) in [4.78, 5) is 26.4. The Kier molecular flexibility index (Phi) is 12.4. The number of carboxylic acid groups (broad SMARTS) is 1. The molecule has 0 spiro atoms. The minimum absolute atomic E-state index is 0.147. The summed E-state index contributed by atoms with van der Waals surface area (Å²) in [7, 11) is 1.56. The van der Waals surface area contributed by atoms with Gasteiger partial charge in [-0.1, -0.05) is 60.7 Å². The standard InChI is InChI=1S/C31H47N3O6/c1-30(2,3)34(29(37)38)25(19-23-16-12-9-13-17-23)27(39-7)21-32-20-26(35)24(18-22-14-10-8-11-15-22)33-28(36)40-31(4,5)6/h8-17,24-27,32,35H,18-21H2,1-7H3,(H,33,36)(H,37,38)/t24-,25-,26+,27+/m0/s1. The van der Waals surface area contributed by atoms with Crippen LogP contribution in [-0.4, -0.2) is 82.9 Å². The van der Waals surface area contributed by atoms with Gasteiger partial charge in [0.2, 0.25) is 0 Å². The quantitative estimate of drug-likeness (QED) is 0.287. The second-order valence-corrected chi connectivity index (χ2v) is 12.0. The van der Waals surface area contributed by atoms with Crippen LogP contribution in [0.15, 0.2) is 60.7 Å². The summed E-state index contributed by atoms with van der Waals surface area (Å²) in [5.41, 5.74) is 0.615. The highest BCUT2D eigenvalue weighted by Gasteiger charge is 2.38. The van der Waals surface area contributed by atoms with Crippen molar-refractivity contribution < 1.29 is 29.3 Å². The molecule has 4 N–H and O–H groups in total. The Hall–Kier alpha value is -3.14. The highest BCUT2D eigenvalue weighted by atomic mass is 16.6. The number of carbonyl (C=O) groups is 2. The number of carbonyl (C=O) groups excluding carboxylic acids is 1. The third kappa shape index (κ3) is 11.2. The number of rotatable bonds is 13. The molecule has 9 nitrogen and oxygen atoms in total. The summed E-state index contributed by atoms with van der Waals surface area (Å²) < 4.78 is 11.3. The molecule has 0 radical (unpaired) electrons. The van der Waals surface area contributed by atoms with Crippen LogP contribution in [0, 0.1) is 0 Å². The van der Waals surface area contributed by atoms with Gasteiger partial charge < -0.3 is 30.3 Å². The predicted octanol–water partition coefficient (Wildman–Crippen LogP) is 4.48. The van der Waals surface area contributed by atoms with Gasteiger partial charge in [-0.05, 0) is 65.5 Å². The zero-order valence-corrected chi connectivity index (χ0v) is 24.9. The van der Waals surface area contributed by atoms with E-state index in [-0.39, 0.29) is 13.1 Å². The van der Waals surface area contributed by atoms with E-state index in [0.29, 0.717) is 12.8 Å². The number of amides is 2. The summed E-state index contributed by atoms with van der Waals surface area (Å²) in [5, 5.41) is 27.3. The zero-order valence-electron chi connectivity index (χ0n) is 24.9. The molecule has 2 aromatic rings. The van der Waals surface area contributed by atoms with Crippen LogP contribution in [0.1, 0.15) is 52.7 Å². The average molecular weight is 558 g/mol. The monoisotopic (exact) mass is 557 g/mol. The maximum absolute atomic E-state index is 12.5. The Bertz CT molecular complexity index is 1040. The highest BCUT2D eigenvalue weighted by Crippen LogP contribution is 2.24. The number of nitrogens with one attached hydrogen (secondary N) is 2. The van der Waals surface area contributed by atoms with Crippen molar-refractivity contribution in [3.8, 4) is 0 Å². The lowest BCUT2D eigenvalue weighted by Gasteiger charge is -2.43. The molecule has 2 aromatic carbocycles. The lowest BCUT2D eigenvalue weighted by Crippen LogP contribution is -2.59. The van der Waals surface area contributed by atoms with E-state index < -0.39 is 47.6 Å². The largest absolute Gasteiger partial charge is 0.465 e. The van der Waals surface area contributed by atoms with Crippen molar-refractivity contribution in [3.05, 3.63) is 71.8 Å². The summed E-state index contributed by atoms with van der Waals surface area (Å²) in [5.74, 6) is 0. The number of hydrogen-bond acceptors (Lipinski definition) is 6. The number of benzene rings is 2. The van der Waals surface area contributed by atoms with Crippen LogP contribution >= 0.6 is 0 Å². The summed E-state index contributed by atoms with van der Waals surface area (Å²) in [6.45, 7) is 11.4. The predicted molar refractivity (Wildman–Crippen MR) is 157 cm³/mol. The topological polar surface area (TPSA) is 120 Å². The van der Waals surface area contributed by atoms with Crippen molar-refractivity contribution in [1.29, 1.82) is 0 Å². The molecule has 2 rings (SSSR count). The molecular formula is C31H47N3O6. The maximum Gasteiger partial charge on any atom is 0.408 e. The van der Waals surface area contributed by atoms with Gasteiger partial charge in [-0.25, -0.2) is 9.59 Å².